The van der Waals surface area contributed by atoms with Crippen molar-refractivity contribution in [3.8, 4) is 22.8 Å². The summed E-state index contributed by atoms with van der Waals surface area (Å²) in [6.07, 6.45) is 11.3. The maximum atomic E-state index is 11.9. The van der Waals surface area contributed by atoms with E-state index >= 15 is 0 Å². The molecule has 2 aromatic carbocycles. The summed E-state index contributed by atoms with van der Waals surface area (Å²) in [7, 11) is 1.66. The summed E-state index contributed by atoms with van der Waals surface area (Å²) in [6, 6.07) is 17.4. The van der Waals surface area contributed by atoms with E-state index in [9.17, 15) is 9.90 Å². The highest BCUT2D eigenvalue weighted by Crippen LogP contribution is 2.52. The lowest BCUT2D eigenvalue weighted by molar-refractivity contribution is -0.142. The van der Waals surface area contributed by atoms with Crippen molar-refractivity contribution in [2.75, 3.05) is 20.2 Å². The summed E-state index contributed by atoms with van der Waals surface area (Å²) in [5.41, 5.74) is 7.78. The topological polar surface area (TPSA) is 71.9 Å². The molecule has 1 spiro atoms. The van der Waals surface area contributed by atoms with E-state index < -0.39 is 11.9 Å². The molecule has 0 radical (unpaired) electrons. The van der Waals surface area contributed by atoms with Gasteiger partial charge in [-0.25, -0.2) is 4.98 Å². The molecule has 0 amide bonds. The number of ether oxygens (including phenoxy) is 2. The summed E-state index contributed by atoms with van der Waals surface area (Å²) in [6.45, 7) is 5.13. The number of piperidine rings is 1. The Hall–Kier alpha value is -3.38. The fourth-order valence-electron chi connectivity index (χ4n) is 7.59. The van der Waals surface area contributed by atoms with Crippen molar-refractivity contribution >= 4 is 5.97 Å². The standard InChI is InChI=1S/C36H42N2O4/c1-23(35(39)40)34(25-5-6-25)28-7-4-24-9-11-31(42-32(24)19-28)27-8-10-30(26-12-16-37-33(20-26)41-2)29(18-27)21-38-17-3-13-36(22-38)14-15-36/h4,7-8,10,12,16,18-20,23,25,31,34H,3,5-6,9,11,13-15,17,21-22H2,1-2H3,(H,39,40)/t23-,31-,34-/m0/s1. The second kappa shape index (κ2) is 11.0. The first-order valence-corrected chi connectivity index (χ1v) is 15.8. The number of hydrogen-bond acceptors (Lipinski definition) is 5. The SMILES string of the molecule is COc1cc(-c2ccc([C@@H]3CCc4ccc([C@H](C5CC5)[C@H](C)C(=O)O)cc4O3)cc2CN2CCCC3(CC3)C2)ccn1. The van der Waals surface area contributed by atoms with Gasteiger partial charge in [0, 0.05) is 25.4 Å². The lowest BCUT2D eigenvalue weighted by Gasteiger charge is -2.34. The summed E-state index contributed by atoms with van der Waals surface area (Å²) in [4.78, 5) is 18.9. The van der Waals surface area contributed by atoms with Gasteiger partial charge < -0.3 is 14.6 Å². The second-order valence-corrected chi connectivity index (χ2v) is 13.3. The minimum atomic E-state index is -0.718. The molecule has 1 aromatic heterocycles. The normalized spacial score (nSPS) is 22.6. The minimum Gasteiger partial charge on any atom is -0.485 e. The molecule has 2 saturated carbocycles. The number of methoxy groups -OCH3 is 1. The fourth-order valence-corrected chi connectivity index (χ4v) is 7.59. The zero-order valence-electron chi connectivity index (χ0n) is 24.9. The first kappa shape index (κ1) is 27.5. The predicted octanol–water partition coefficient (Wildman–Crippen LogP) is 7.41. The fraction of sp³-hybridized carbons (Fsp3) is 0.500. The van der Waals surface area contributed by atoms with E-state index in [2.05, 4.69) is 52.3 Å². The Labute approximate surface area is 249 Å². The van der Waals surface area contributed by atoms with Crippen LogP contribution >= 0.6 is 0 Å². The van der Waals surface area contributed by atoms with Crippen molar-refractivity contribution in [2.45, 2.75) is 76.9 Å². The number of benzene rings is 2. The maximum absolute atomic E-state index is 11.9. The lowest BCUT2D eigenvalue weighted by Crippen LogP contribution is -2.36. The van der Waals surface area contributed by atoms with Crippen LogP contribution in [0.1, 0.15) is 86.1 Å². The number of carboxylic acid groups (broad SMARTS) is 1. The third-order valence-corrected chi connectivity index (χ3v) is 10.3. The molecule has 3 atom stereocenters. The van der Waals surface area contributed by atoms with Gasteiger partial charge in [0.25, 0.3) is 0 Å². The number of aromatic nitrogens is 1. The molecule has 6 heteroatoms. The quantitative estimate of drug-likeness (QED) is 0.291. The Balaban J connectivity index is 1.18. The van der Waals surface area contributed by atoms with Crippen LogP contribution < -0.4 is 9.47 Å². The highest BCUT2D eigenvalue weighted by atomic mass is 16.5. The van der Waals surface area contributed by atoms with E-state index in [-0.39, 0.29) is 12.0 Å². The van der Waals surface area contributed by atoms with Gasteiger partial charge in [0.2, 0.25) is 5.88 Å². The number of nitrogens with zero attached hydrogens (tertiary/aromatic N) is 2. The Morgan fingerprint density at radius 3 is 2.74 bits per heavy atom. The minimum absolute atomic E-state index is 0.0278. The molecule has 2 aliphatic carbocycles. The van der Waals surface area contributed by atoms with Crippen molar-refractivity contribution in [1.82, 2.24) is 9.88 Å². The van der Waals surface area contributed by atoms with Crippen LogP contribution in [0.5, 0.6) is 11.6 Å². The number of likely N-dealkylation sites (tertiary alicyclic amines) is 1. The van der Waals surface area contributed by atoms with E-state index in [0.717, 1.165) is 55.6 Å². The number of carbonyl (C=O) groups is 1. The second-order valence-electron chi connectivity index (χ2n) is 13.3. The first-order chi connectivity index (χ1) is 20.4. The number of hydrogen-bond donors (Lipinski definition) is 1. The summed E-state index contributed by atoms with van der Waals surface area (Å²) >= 11 is 0. The molecule has 220 valence electrons. The van der Waals surface area contributed by atoms with Crippen LogP contribution in [0, 0.1) is 17.3 Å². The molecule has 42 heavy (non-hydrogen) atoms. The van der Waals surface area contributed by atoms with Gasteiger partial charge in [0.15, 0.2) is 0 Å². The molecular weight excluding hydrogens is 524 g/mol. The highest BCUT2D eigenvalue weighted by molar-refractivity contribution is 5.71. The number of carboxylic acids is 1. The van der Waals surface area contributed by atoms with E-state index in [4.69, 9.17) is 9.47 Å². The van der Waals surface area contributed by atoms with E-state index in [0.29, 0.717) is 17.2 Å². The van der Waals surface area contributed by atoms with E-state index in [1.165, 1.54) is 54.5 Å². The molecule has 1 saturated heterocycles. The van der Waals surface area contributed by atoms with Crippen molar-refractivity contribution < 1.29 is 19.4 Å². The zero-order valence-corrected chi connectivity index (χ0v) is 24.9. The van der Waals surface area contributed by atoms with Crippen molar-refractivity contribution in [3.63, 3.8) is 0 Å². The monoisotopic (exact) mass is 566 g/mol. The summed E-state index contributed by atoms with van der Waals surface area (Å²) in [5, 5.41) is 9.78. The van der Waals surface area contributed by atoms with Crippen molar-refractivity contribution in [2.24, 2.45) is 17.3 Å². The molecule has 3 fully saturated rings. The first-order valence-electron chi connectivity index (χ1n) is 15.8. The average Bonchev–Trinajstić information content (AvgIpc) is 3.96. The molecule has 2 aliphatic heterocycles. The number of aryl methyl sites for hydroxylation is 1. The van der Waals surface area contributed by atoms with Crippen LogP contribution in [-0.2, 0) is 17.8 Å². The molecule has 7 rings (SSSR count). The third-order valence-electron chi connectivity index (χ3n) is 10.3. The molecule has 6 nitrogen and oxygen atoms in total. The van der Waals surface area contributed by atoms with Crippen molar-refractivity contribution in [1.29, 1.82) is 0 Å². The summed E-state index contributed by atoms with van der Waals surface area (Å²) in [5.74, 6) is 0.926. The number of rotatable bonds is 9. The molecule has 4 aliphatic rings. The molecule has 0 bridgehead atoms. The van der Waals surface area contributed by atoms with Crippen LogP contribution in [-0.4, -0.2) is 41.2 Å². The van der Waals surface area contributed by atoms with Gasteiger partial charge in [0.1, 0.15) is 11.9 Å². The largest absolute Gasteiger partial charge is 0.485 e. The predicted molar refractivity (Wildman–Crippen MR) is 163 cm³/mol. The third kappa shape index (κ3) is 5.54. The van der Waals surface area contributed by atoms with Crippen LogP contribution in [0.3, 0.4) is 0 Å². The summed E-state index contributed by atoms with van der Waals surface area (Å²) < 4.78 is 12.2. The van der Waals surface area contributed by atoms with E-state index in [1.54, 1.807) is 7.11 Å². The molecular formula is C36H42N2O4. The molecule has 3 aromatic rings. The maximum Gasteiger partial charge on any atom is 0.306 e. The Morgan fingerprint density at radius 1 is 1.12 bits per heavy atom. The van der Waals surface area contributed by atoms with Crippen LogP contribution in [0.15, 0.2) is 54.7 Å². The van der Waals surface area contributed by atoms with Gasteiger partial charge in [0.05, 0.1) is 13.0 Å². The molecule has 1 N–H and O–H groups in total. The van der Waals surface area contributed by atoms with Crippen LogP contribution in [0.4, 0.5) is 0 Å². The Bertz CT molecular complexity index is 1480. The van der Waals surface area contributed by atoms with Gasteiger partial charge in [-0.2, -0.15) is 0 Å². The van der Waals surface area contributed by atoms with E-state index in [1.807, 2.05) is 19.2 Å². The van der Waals surface area contributed by atoms with Crippen LogP contribution in [0.2, 0.25) is 0 Å². The van der Waals surface area contributed by atoms with Gasteiger partial charge in [-0.15, -0.1) is 0 Å². The van der Waals surface area contributed by atoms with Gasteiger partial charge in [-0.05, 0) is 121 Å². The zero-order chi connectivity index (χ0) is 28.8. The molecule has 0 unspecified atom stereocenters. The van der Waals surface area contributed by atoms with Crippen LogP contribution in [0.25, 0.3) is 11.1 Å². The smallest absolute Gasteiger partial charge is 0.306 e. The lowest BCUT2D eigenvalue weighted by atomic mass is 9.82. The Kier molecular flexibility index (Phi) is 7.21. The number of pyridine rings is 1. The average molecular weight is 567 g/mol. The number of fused-ring (bicyclic) bond motifs is 1. The van der Waals surface area contributed by atoms with Gasteiger partial charge in [-0.1, -0.05) is 37.3 Å². The molecule has 3 heterocycles. The Morgan fingerprint density at radius 2 is 1.98 bits per heavy atom. The van der Waals surface area contributed by atoms with Gasteiger partial charge in [-0.3, -0.25) is 9.69 Å². The number of aliphatic carboxylic acids is 1. The van der Waals surface area contributed by atoms with Gasteiger partial charge >= 0.3 is 5.97 Å². The highest BCUT2D eigenvalue weighted by Gasteiger charge is 2.45. The van der Waals surface area contributed by atoms with Crippen molar-refractivity contribution in [3.05, 3.63) is 77.0 Å².